The third-order valence-corrected chi connectivity index (χ3v) is 3.78. The van der Waals surface area contributed by atoms with Gasteiger partial charge in [-0.3, -0.25) is 0 Å². The molecule has 1 aromatic rings. The van der Waals surface area contributed by atoms with Crippen molar-refractivity contribution in [3.8, 4) is 0 Å². The molecule has 1 atom stereocenters. The number of aromatic carboxylic acids is 1. The van der Waals surface area contributed by atoms with Crippen LogP contribution in [0.3, 0.4) is 0 Å². The van der Waals surface area contributed by atoms with Crippen LogP contribution in [0, 0.1) is 0 Å². The molecular formula is C12H15BrN2O3S. The highest BCUT2D eigenvalue weighted by molar-refractivity contribution is 9.10. The number of rotatable bonds is 5. The largest absolute Gasteiger partial charge is 0.478 e. The zero-order chi connectivity index (χ0) is 14.4. The van der Waals surface area contributed by atoms with Crippen molar-refractivity contribution in [2.45, 2.75) is 12.2 Å². The van der Waals surface area contributed by atoms with Gasteiger partial charge in [-0.2, -0.15) is 11.8 Å². The minimum atomic E-state index is -1.04. The molecule has 19 heavy (non-hydrogen) atoms. The number of amides is 2. The van der Waals surface area contributed by atoms with Crippen LogP contribution in [0.1, 0.15) is 17.3 Å². The number of anilines is 1. The van der Waals surface area contributed by atoms with Crippen LogP contribution in [-0.4, -0.2) is 35.2 Å². The summed E-state index contributed by atoms with van der Waals surface area (Å²) in [7, 11) is 0. The Balaban J connectivity index is 2.66. The van der Waals surface area contributed by atoms with Crippen molar-refractivity contribution in [1.82, 2.24) is 5.32 Å². The van der Waals surface area contributed by atoms with Crippen LogP contribution < -0.4 is 10.6 Å². The second-order valence-corrected chi connectivity index (χ2v) is 6.11. The first-order chi connectivity index (χ1) is 8.92. The van der Waals surface area contributed by atoms with Crippen molar-refractivity contribution in [2.75, 3.05) is 18.1 Å². The van der Waals surface area contributed by atoms with Gasteiger partial charge in [-0.15, -0.1) is 0 Å². The van der Waals surface area contributed by atoms with Crippen molar-refractivity contribution in [3.63, 3.8) is 0 Å². The van der Waals surface area contributed by atoms with Crippen LogP contribution in [0.2, 0.25) is 0 Å². The van der Waals surface area contributed by atoms with E-state index in [-0.39, 0.29) is 11.6 Å². The molecule has 0 fully saturated rings. The fourth-order valence-corrected chi connectivity index (χ4v) is 2.02. The Morgan fingerprint density at radius 1 is 1.42 bits per heavy atom. The summed E-state index contributed by atoms with van der Waals surface area (Å²) in [6.07, 6.45) is 1.97. The van der Waals surface area contributed by atoms with Gasteiger partial charge >= 0.3 is 12.0 Å². The number of urea groups is 1. The number of hydrogen-bond acceptors (Lipinski definition) is 3. The lowest BCUT2D eigenvalue weighted by atomic mass is 10.2. The van der Waals surface area contributed by atoms with Crippen molar-refractivity contribution >= 4 is 45.4 Å². The van der Waals surface area contributed by atoms with E-state index < -0.39 is 5.97 Å². The molecule has 0 saturated carbocycles. The molecule has 0 saturated heterocycles. The first kappa shape index (κ1) is 15.8. The Morgan fingerprint density at radius 3 is 2.68 bits per heavy atom. The van der Waals surface area contributed by atoms with E-state index in [1.165, 1.54) is 12.1 Å². The fourth-order valence-electron chi connectivity index (χ4n) is 1.28. The lowest BCUT2D eigenvalue weighted by molar-refractivity contribution is 0.0697. The number of nitrogens with one attached hydrogen (secondary N) is 2. The summed E-state index contributed by atoms with van der Waals surface area (Å²) in [5.41, 5.74) is 0.545. The molecule has 0 spiro atoms. The molecule has 0 aliphatic rings. The van der Waals surface area contributed by atoms with E-state index in [9.17, 15) is 9.59 Å². The van der Waals surface area contributed by atoms with Gasteiger partial charge in [0.2, 0.25) is 0 Å². The molecule has 7 heteroatoms. The number of halogens is 1. The molecule has 1 rings (SSSR count). The molecule has 0 aliphatic carbocycles. The Bertz CT molecular complexity index is 482. The van der Waals surface area contributed by atoms with Gasteiger partial charge in [0.1, 0.15) is 0 Å². The summed E-state index contributed by atoms with van der Waals surface area (Å²) < 4.78 is 0.597. The molecule has 0 heterocycles. The summed E-state index contributed by atoms with van der Waals surface area (Å²) in [5.74, 6) is -1.04. The highest BCUT2D eigenvalue weighted by atomic mass is 79.9. The predicted molar refractivity (Wildman–Crippen MR) is 81.1 cm³/mol. The van der Waals surface area contributed by atoms with Crippen LogP contribution in [-0.2, 0) is 0 Å². The van der Waals surface area contributed by atoms with Gasteiger partial charge in [-0.05, 0) is 24.5 Å². The van der Waals surface area contributed by atoms with Crippen molar-refractivity contribution in [1.29, 1.82) is 0 Å². The average molecular weight is 347 g/mol. The lowest BCUT2D eigenvalue weighted by Gasteiger charge is -2.11. The van der Waals surface area contributed by atoms with Crippen LogP contribution in [0.5, 0.6) is 0 Å². The number of benzene rings is 1. The Hall–Kier alpha value is -1.21. The second-order valence-electron chi connectivity index (χ2n) is 3.92. The molecule has 1 unspecified atom stereocenters. The van der Waals surface area contributed by atoms with Gasteiger partial charge in [0.25, 0.3) is 0 Å². The SMILES string of the molecule is CSC(C)CNC(=O)Nc1cc(Br)cc(C(=O)O)c1. The Labute approximate surface area is 124 Å². The van der Waals surface area contributed by atoms with E-state index in [1.807, 2.05) is 13.2 Å². The quantitative estimate of drug-likeness (QED) is 0.765. The number of hydrogen-bond donors (Lipinski definition) is 3. The Kier molecular flexibility index (Phi) is 6.17. The molecule has 5 nitrogen and oxygen atoms in total. The maximum Gasteiger partial charge on any atom is 0.335 e. The van der Waals surface area contributed by atoms with E-state index in [4.69, 9.17) is 5.11 Å². The van der Waals surface area contributed by atoms with Gasteiger partial charge in [0.15, 0.2) is 0 Å². The second kappa shape index (κ2) is 7.40. The van der Waals surface area contributed by atoms with E-state index in [2.05, 4.69) is 26.6 Å². The van der Waals surface area contributed by atoms with Gasteiger partial charge in [0.05, 0.1) is 5.56 Å². The number of carbonyl (C=O) groups is 2. The molecule has 104 valence electrons. The standard InChI is InChI=1S/C12H15BrN2O3S/c1-7(19-2)6-14-12(18)15-10-4-8(11(16)17)3-9(13)5-10/h3-5,7H,6H2,1-2H3,(H,16,17)(H2,14,15,18). The van der Waals surface area contributed by atoms with Gasteiger partial charge in [-0.1, -0.05) is 22.9 Å². The number of carboxylic acids is 1. The molecule has 0 bridgehead atoms. The van der Waals surface area contributed by atoms with Crippen molar-refractivity contribution in [3.05, 3.63) is 28.2 Å². The van der Waals surface area contributed by atoms with Crippen LogP contribution in [0.25, 0.3) is 0 Å². The summed E-state index contributed by atoms with van der Waals surface area (Å²) >= 11 is 4.86. The van der Waals surface area contributed by atoms with Crippen LogP contribution in [0.4, 0.5) is 10.5 Å². The number of carbonyl (C=O) groups excluding carboxylic acids is 1. The third kappa shape index (κ3) is 5.52. The topological polar surface area (TPSA) is 78.4 Å². The fraction of sp³-hybridized carbons (Fsp3) is 0.333. The summed E-state index contributed by atoms with van der Waals surface area (Å²) in [4.78, 5) is 22.5. The van der Waals surface area contributed by atoms with E-state index in [0.29, 0.717) is 22.0 Å². The highest BCUT2D eigenvalue weighted by Crippen LogP contribution is 2.19. The smallest absolute Gasteiger partial charge is 0.335 e. The summed E-state index contributed by atoms with van der Waals surface area (Å²) in [5, 5.41) is 14.6. The van der Waals surface area contributed by atoms with E-state index >= 15 is 0 Å². The minimum absolute atomic E-state index is 0.113. The first-order valence-electron chi connectivity index (χ1n) is 5.54. The first-order valence-corrected chi connectivity index (χ1v) is 7.62. The van der Waals surface area contributed by atoms with E-state index in [0.717, 1.165) is 0 Å². The molecule has 0 aliphatic heterocycles. The van der Waals surface area contributed by atoms with Gasteiger partial charge in [0, 0.05) is 22.0 Å². The monoisotopic (exact) mass is 346 g/mol. The van der Waals surface area contributed by atoms with Crippen LogP contribution in [0.15, 0.2) is 22.7 Å². The zero-order valence-electron chi connectivity index (χ0n) is 10.6. The average Bonchev–Trinajstić information content (AvgIpc) is 2.35. The summed E-state index contributed by atoms with van der Waals surface area (Å²) in [6.45, 7) is 2.55. The van der Waals surface area contributed by atoms with Gasteiger partial charge in [-0.25, -0.2) is 9.59 Å². The van der Waals surface area contributed by atoms with Crippen LogP contribution >= 0.6 is 27.7 Å². The molecule has 0 aromatic heterocycles. The van der Waals surface area contributed by atoms with E-state index in [1.54, 1.807) is 17.8 Å². The van der Waals surface area contributed by atoms with Crippen molar-refractivity contribution in [2.24, 2.45) is 0 Å². The maximum atomic E-state index is 11.6. The summed E-state index contributed by atoms with van der Waals surface area (Å²) in [6, 6.07) is 4.17. The normalized spacial score (nSPS) is 11.7. The predicted octanol–water partition coefficient (Wildman–Crippen LogP) is 3.02. The molecule has 0 radical (unpaired) electrons. The molecule has 3 N–H and O–H groups in total. The highest BCUT2D eigenvalue weighted by Gasteiger charge is 2.09. The molecular weight excluding hydrogens is 332 g/mol. The third-order valence-electron chi connectivity index (χ3n) is 2.36. The molecule has 1 aromatic carbocycles. The van der Waals surface area contributed by atoms with Gasteiger partial charge < -0.3 is 15.7 Å². The maximum absolute atomic E-state index is 11.6. The number of thioether (sulfide) groups is 1. The molecule has 2 amide bonds. The lowest BCUT2D eigenvalue weighted by Crippen LogP contribution is -2.33. The Morgan fingerprint density at radius 2 is 2.11 bits per heavy atom. The minimum Gasteiger partial charge on any atom is -0.478 e. The zero-order valence-corrected chi connectivity index (χ0v) is 13.0. The van der Waals surface area contributed by atoms with Crippen molar-refractivity contribution < 1.29 is 14.7 Å². The number of carboxylic acid groups (broad SMARTS) is 1.